The molecule has 0 aromatic heterocycles. The summed E-state index contributed by atoms with van der Waals surface area (Å²) in [5, 5.41) is 3.50. The van der Waals surface area contributed by atoms with Crippen LogP contribution in [0.25, 0.3) is 0 Å². The minimum Gasteiger partial charge on any atom is -0.354 e. The molecule has 2 aliphatic rings. The number of hydrogen-bond donors (Lipinski definition) is 0. The molecule has 2 amide bonds. The highest BCUT2D eigenvalue weighted by atomic mass is 32.2. The van der Waals surface area contributed by atoms with Gasteiger partial charge in [0, 0.05) is 28.2 Å². The number of nitrogens with zero attached hydrogens (tertiary/aromatic N) is 2. The average Bonchev–Trinajstić information content (AvgIpc) is 3.20. The third kappa shape index (κ3) is 3.82. The first-order chi connectivity index (χ1) is 20.3. The minimum absolute atomic E-state index is 0.243. The van der Waals surface area contributed by atoms with Gasteiger partial charge < -0.3 is 4.57 Å². The lowest BCUT2D eigenvalue weighted by atomic mass is 10.1. The molecule has 0 aliphatic carbocycles. The fourth-order valence-electron chi connectivity index (χ4n) is 6.51. The summed E-state index contributed by atoms with van der Waals surface area (Å²) in [7, 11) is -1.62. The summed E-state index contributed by atoms with van der Waals surface area (Å²) in [6.45, 7) is 6.36. The van der Waals surface area contributed by atoms with Crippen LogP contribution in [0.2, 0.25) is 0 Å². The maximum absolute atomic E-state index is 13.4. The van der Waals surface area contributed by atoms with Gasteiger partial charge in [-0.1, -0.05) is 84.6 Å². The molecule has 0 saturated carbocycles. The van der Waals surface area contributed by atoms with Crippen LogP contribution in [0.15, 0.2) is 119 Å². The summed E-state index contributed by atoms with van der Waals surface area (Å²) in [5.41, 5.74) is 6.70. The predicted octanol–water partition coefficient (Wildman–Crippen LogP) is 6.11. The van der Waals surface area contributed by atoms with E-state index in [9.17, 15) is 9.59 Å². The number of hydrogen-bond acceptors (Lipinski definition) is 4. The lowest BCUT2D eigenvalue weighted by Crippen LogP contribution is -2.77. The minimum atomic E-state index is -3.18. The summed E-state index contributed by atoms with van der Waals surface area (Å²) in [6.07, 6.45) is 0. The quantitative estimate of drug-likeness (QED) is 0.146. The number of carbonyl (C=O) groups excluding carboxylic acids is 2. The lowest BCUT2D eigenvalue weighted by Gasteiger charge is -2.48. The van der Waals surface area contributed by atoms with Gasteiger partial charge in [-0.2, -0.15) is 0 Å². The van der Waals surface area contributed by atoms with E-state index >= 15 is 0 Å². The third-order valence-corrected chi connectivity index (χ3v) is 14.4. The Labute approximate surface area is 251 Å². The fourth-order valence-corrected chi connectivity index (χ4v) is 13.1. The molecule has 206 valence electrons. The molecular weight excluding hydrogens is 553 g/mol. The molecule has 0 saturated heterocycles. The van der Waals surface area contributed by atoms with Crippen molar-refractivity contribution in [2.24, 2.45) is 0 Å². The van der Waals surface area contributed by atoms with Crippen molar-refractivity contribution in [3.8, 4) is 0 Å². The molecule has 0 radical (unpaired) electrons. The fraction of sp³-hybridized carbons (Fsp3) is 0.111. The number of imide groups is 1. The van der Waals surface area contributed by atoms with Crippen LogP contribution in [0.1, 0.15) is 37.4 Å². The Morgan fingerprint density at radius 1 is 0.595 bits per heavy atom. The Kier molecular flexibility index (Phi) is 6.22. The van der Waals surface area contributed by atoms with E-state index in [1.807, 2.05) is 23.9 Å². The van der Waals surface area contributed by atoms with Gasteiger partial charge >= 0.3 is 0 Å². The van der Waals surface area contributed by atoms with E-state index < -0.39 is 8.24 Å². The largest absolute Gasteiger partial charge is 0.354 e. The topological polar surface area (TPSA) is 40.6 Å². The number of amides is 2. The number of benzene rings is 5. The maximum atomic E-state index is 13.4. The monoisotopic (exact) mass is 582 g/mol. The number of anilines is 2. The molecule has 0 atom stereocenters. The summed E-state index contributed by atoms with van der Waals surface area (Å²) < 4.78 is 2.59. The number of rotatable bonds is 4. The highest BCUT2D eigenvalue weighted by molar-refractivity contribution is 7.99. The molecule has 4 nitrogen and oxygen atoms in total. The zero-order chi connectivity index (χ0) is 29.2. The summed E-state index contributed by atoms with van der Waals surface area (Å²) in [5.74, 6) is -0.492. The smallest absolute Gasteiger partial charge is 0.261 e. The van der Waals surface area contributed by atoms with Gasteiger partial charge in [-0.3, -0.25) is 14.5 Å². The first-order valence-corrected chi connectivity index (χ1v) is 16.8. The molecule has 2 heterocycles. The SMILES string of the molecule is Cc1ccc2c(c1)Sc1cc(C)ccc1N2[Si](c1ccccc1)(c1ccccc1)c1cc2c(cc1C)C(=O)N(C)C2=O. The van der Waals surface area contributed by atoms with Crippen molar-refractivity contribution in [1.29, 1.82) is 0 Å². The Bertz CT molecular complexity index is 1810. The molecule has 5 aromatic rings. The Hall–Kier alpha value is -4.39. The highest BCUT2D eigenvalue weighted by Gasteiger charge is 2.51. The second-order valence-corrected chi connectivity index (χ2v) is 15.8. The van der Waals surface area contributed by atoms with Crippen LogP contribution >= 0.6 is 11.8 Å². The molecule has 0 spiro atoms. The first-order valence-electron chi connectivity index (χ1n) is 14.1. The van der Waals surface area contributed by atoms with Crippen LogP contribution in [0, 0.1) is 20.8 Å². The van der Waals surface area contributed by atoms with Gasteiger partial charge in [-0.15, -0.1) is 0 Å². The molecule has 7 rings (SSSR count). The summed E-state index contributed by atoms with van der Waals surface area (Å²) in [6, 6.07) is 38.9. The first kappa shape index (κ1) is 26.5. The molecule has 0 fully saturated rings. The van der Waals surface area contributed by atoms with E-state index in [-0.39, 0.29) is 11.8 Å². The van der Waals surface area contributed by atoms with Crippen LogP contribution in [0.3, 0.4) is 0 Å². The lowest BCUT2D eigenvalue weighted by molar-refractivity contribution is 0.0693. The van der Waals surface area contributed by atoms with Crippen LogP contribution in [-0.2, 0) is 0 Å². The molecule has 0 unspecified atom stereocenters. The average molecular weight is 583 g/mol. The molecule has 42 heavy (non-hydrogen) atoms. The number of aryl methyl sites for hydroxylation is 3. The van der Waals surface area contributed by atoms with E-state index in [2.05, 4.69) is 122 Å². The maximum Gasteiger partial charge on any atom is 0.261 e. The van der Waals surface area contributed by atoms with Crippen molar-refractivity contribution in [2.45, 2.75) is 30.6 Å². The van der Waals surface area contributed by atoms with Gasteiger partial charge in [0.1, 0.15) is 0 Å². The summed E-state index contributed by atoms with van der Waals surface area (Å²) >= 11 is 1.82. The molecular formula is C36H30N2O2SSi. The van der Waals surface area contributed by atoms with Gasteiger partial charge in [-0.05, 0) is 89.4 Å². The highest BCUT2D eigenvalue weighted by Crippen LogP contribution is 2.50. The second-order valence-electron chi connectivity index (χ2n) is 11.2. The molecule has 6 heteroatoms. The van der Waals surface area contributed by atoms with E-state index in [0.717, 1.165) is 22.1 Å². The van der Waals surface area contributed by atoms with Crippen molar-refractivity contribution in [1.82, 2.24) is 4.90 Å². The molecule has 0 N–H and O–H groups in total. The van der Waals surface area contributed by atoms with E-state index in [1.54, 1.807) is 7.05 Å². The molecule has 5 aromatic carbocycles. The van der Waals surface area contributed by atoms with Crippen molar-refractivity contribution in [2.75, 3.05) is 11.6 Å². The zero-order valence-electron chi connectivity index (χ0n) is 24.0. The predicted molar refractivity (Wildman–Crippen MR) is 174 cm³/mol. The van der Waals surface area contributed by atoms with Gasteiger partial charge in [0.2, 0.25) is 0 Å². The van der Waals surface area contributed by atoms with Crippen molar-refractivity contribution in [3.05, 3.63) is 137 Å². The molecule has 2 aliphatic heterocycles. The van der Waals surface area contributed by atoms with Crippen LogP contribution in [0.5, 0.6) is 0 Å². The van der Waals surface area contributed by atoms with Crippen LogP contribution < -0.4 is 20.1 Å². The Morgan fingerprint density at radius 3 is 1.57 bits per heavy atom. The Morgan fingerprint density at radius 2 is 1.07 bits per heavy atom. The van der Waals surface area contributed by atoms with Gasteiger partial charge in [0.15, 0.2) is 0 Å². The van der Waals surface area contributed by atoms with E-state index in [0.29, 0.717) is 11.1 Å². The van der Waals surface area contributed by atoms with Gasteiger partial charge in [-0.25, -0.2) is 0 Å². The Balaban J connectivity index is 1.67. The number of carbonyl (C=O) groups is 2. The second kappa shape index (κ2) is 9.86. The van der Waals surface area contributed by atoms with Crippen molar-refractivity contribution < 1.29 is 9.59 Å². The number of fused-ring (bicyclic) bond motifs is 3. The van der Waals surface area contributed by atoms with Crippen molar-refractivity contribution in [3.63, 3.8) is 0 Å². The summed E-state index contributed by atoms with van der Waals surface area (Å²) in [4.78, 5) is 30.1. The third-order valence-electron chi connectivity index (χ3n) is 8.48. The zero-order valence-corrected chi connectivity index (χ0v) is 25.8. The van der Waals surface area contributed by atoms with Crippen LogP contribution in [0.4, 0.5) is 11.4 Å². The van der Waals surface area contributed by atoms with Gasteiger partial charge in [0.05, 0.1) is 11.1 Å². The van der Waals surface area contributed by atoms with E-state index in [1.165, 1.54) is 36.2 Å². The van der Waals surface area contributed by atoms with Crippen molar-refractivity contribution >= 4 is 58.7 Å². The molecule has 0 bridgehead atoms. The van der Waals surface area contributed by atoms with Crippen LogP contribution in [-0.4, -0.2) is 32.0 Å². The van der Waals surface area contributed by atoms with Gasteiger partial charge in [0.25, 0.3) is 20.0 Å². The standard InChI is InChI=1S/C36H30N2O2SSi/c1-23-15-17-30-32(19-23)41-33-20-24(2)16-18-31(33)38(30)42(26-11-7-5-8-12-26,27-13-9-6-10-14-27)34-22-29-28(21-25(34)3)35(39)37(4)36(29)40/h5-22H,1-4H3. The normalized spacial score (nSPS) is 14.1. The van der Waals surface area contributed by atoms with E-state index in [4.69, 9.17) is 0 Å².